The molecule has 1 aliphatic heterocycles. The van der Waals surface area contributed by atoms with Crippen LogP contribution in [0.2, 0.25) is 0 Å². The normalized spacial score (nSPS) is 15.6. The Hall–Kier alpha value is -3.28. The fourth-order valence-corrected chi connectivity index (χ4v) is 3.85. The van der Waals surface area contributed by atoms with Crippen molar-refractivity contribution in [3.8, 4) is 11.5 Å². The highest BCUT2D eigenvalue weighted by Gasteiger charge is 2.30. The summed E-state index contributed by atoms with van der Waals surface area (Å²) < 4.78 is 5.88. The van der Waals surface area contributed by atoms with Gasteiger partial charge in [-0.1, -0.05) is 12.1 Å². The van der Waals surface area contributed by atoms with Gasteiger partial charge in [0.1, 0.15) is 11.5 Å². The summed E-state index contributed by atoms with van der Waals surface area (Å²) in [5.41, 5.74) is 3.83. The van der Waals surface area contributed by atoms with Gasteiger partial charge in [0.2, 0.25) is 5.89 Å². The average Bonchev–Trinajstić information content (AvgIpc) is 3.31. The molecule has 5 rings (SSSR count). The van der Waals surface area contributed by atoms with Crippen molar-refractivity contribution in [1.29, 1.82) is 0 Å². The average molecular weight is 359 g/mol. The van der Waals surface area contributed by atoms with Crippen LogP contribution >= 0.6 is 0 Å². The van der Waals surface area contributed by atoms with E-state index in [0.29, 0.717) is 49.4 Å². The van der Waals surface area contributed by atoms with Gasteiger partial charge in [-0.15, -0.1) is 0 Å². The number of amides is 1. The highest BCUT2D eigenvalue weighted by atomic mass is 16.4. The van der Waals surface area contributed by atoms with Crippen LogP contribution in [-0.4, -0.2) is 33.1 Å². The number of aromatic nitrogens is 2. The number of ketones is 1. The van der Waals surface area contributed by atoms with Crippen LogP contribution in [0, 0.1) is 0 Å². The molecule has 0 atom stereocenters. The third-order valence-electron chi connectivity index (χ3n) is 5.23. The molecule has 1 aliphatic carbocycles. The summed E-state index contributed by atoms with van der Waals surface area (Å²) in [6, 6.07) is 9.16. The molecule has 1 amide bonds. The summed E-state index contributed by atoms with van der Waals surface area (Å²) in [4.78, 5) is 35.5. The molecule has 0 unspecified atom stereocenters. The molecule has 2 aliphatic rings. The molecule has 1 aromatic carbocycles. The number of pyridine rings is 1. The maximum absolute atomic E-state index is 13.1. The molecule has 2 aromatic heterocycles. The van der Waals surface area contributed by atoms with Crippen LogP contribution in [0.4, 0.5) is 0 Å². The molecule has 6 heteroatoms. The van der Waals surface area contributed by atoms with Gasteiger partial charge in [0, 0.05) is 42.9 Å². The number of carbonyl (C=O) groups is 2. The third-order valence-corrected chi connectivity index (χ3v) is 5.23. The van der Waals surface area contributed by atoms with Crippen molar-refractivity contribution in [3.63, 3.8) is 0 Å². The number of oxazole rings is 1. The van der Waals surface area contributed by atoms with Gasteiger partial charge < -0.3 is 9.32 Å². The Bertz CT molecular complexity index is 1060. The van der Waals surface area contributed by atoms with E-state index < -0.39 is 0 Å². The molecular weight excluding hydrogens is 342 g/mol. The lowest BCUT2D eigenvalue weighted by Crippen LogP contribution is -2.36. The number of Topliss-reactive ketones (excluding diaryl/α,β-unsaturated/α-hetero) is 1. The molecular formula is C21H17N3O3. The Balaban J connectivity index is 1.43. The van der Waals surface area contributed by atoms with Gasteiger partial charge in [-0.25, -0.2) is 4.98 Å². The molecule has 134 valence electrons. The van der Waals surface area contributed by atoms with Crippen molar-refractivity contribution < 1.29 is 14.0 Å². The molecule has 0 saturated carbocycles. The van der Waals surface area contributed by atoms with E-state index in [1.165, 1.54) is 0 Å². The summed E-state index contributed by atoms with van der Waals surface area (Å²) in [7, 11) is 0. The first-order valence-electron chi connectivity index (χ1n) is 9.04. The van der Waals surface area contributed by atoms with Crippen molar-refractivity contribution in [2.45, 2.75) is 25.8 Å². The Kier molecular flexibility index (Phi) is 3.63. The van der Waals surface area contributed by atoms with Crippen LogP contribution in [0.25, 0.3) is 11.5 Å². The Morgan fingerprint density at radius 1 is 1.11 bits per heavy atom. The summed E-state index contributed by atoms with van der Waals surface area (Å²) in [5, 5.41) is 0. The SMILES string of the molecule is O=C1CCc2c1cccc2C(=O)N1CCc2oc(-c3cccnc3)nc2C1. The standard InChI is InChI=1S/C21H17N3O3/c25-18-7-6-14-15(18)4-1-5-16(14)21(26)24-10-8-19-17(12-24)23-20(27-19)13-3-2-9-22-11-13/h1-5,9,11H,6-8,10,12H2. The van der Waals surface area contributed by atoms with Crippen LogP contribution in [0.1, 0.15) is 44.2 Å². The van der Waals surface area contributed by atoms with E-state index >= 15 is 0 Å². The van der Waals surface area contributed by atoms with Crippen LogP contribution < -0.4 is 0 Å². The van der Waals surface area contributed by atoms with Gasteiger partial charge in [0.25, 0.3) is 5.91 Å². The van der Waals surface area contributed by atoms with E-state index in [1.807, 2.05) is 24.3 Å². The summed E-state index contributed by atoms with van der Waals surface area (Å²) in [6.07, 6.45) is 5.17. The van der Waals surface area contributed by atoms with Gasteiger partial charge in [-0.2, -0.15) is 0 Å². The lowest BCUT2D eigenvalue weighted by Gasteiger charge is -2.26. The largest absolute Gasteiger partial charge is 0.441 e. The van der Waals surface area contributed by atoms with E-state index in [0.717, 1.165) is 22.6 Å². The van der Waals surface area contributed by atoms with Crippen LogP contribution in [0.5, 0.6) is 0 Å². The summed E-state index contributed by atoms with van der Waals surface area (Å²) >= 11 is 0. The van der Waals surface area contributed by atoms with Crippen molar-refractivity contribution in [2.75, 3.05) is 6.54 Å². The maximum Gasteiger partial charge on any atom is 0.254 e. The minimum absolute atomic E-state index is 0.0434. The topological polar surface area (TPSA) is 76.3 Å². The van der Waals surface area contributed by atoms with Crippen molar-refractivity contribution in [3.05, 3.63) is 70.9 Å². The molecule has 3 aromatic rings. The molecule has 0 saturated heterocycles. The first kappa shape index (κ1) is 15.9. The number of nitrogens with zero attached hydrogens (tertiary/aromatic N) is 3. The predicted octanol–water partition coefficient (Wildman–Crippen LogP) is 3.06. The monoisotopic (exact) mass is 359 g/mol. The minimum atomic E-state index is -0.0434. The lowest BCUT2D eigenvalue weighted by molar-refractivity contribution is 0.0727. The second-order valence-corrected chi connectivity index (χ2v) is 6.86. The number of rotatable bonds is 2. The van der Waals surface area contributed by atoms with Crippen LogP contribution in [0.3, 0.4) is 0 Å². The molecule has 27 heavy (non-hydrogen) atoms. The zero-order valence-electron chi connectivity index (χ0n) is 14.6. The van der Waals surface area contributed by atoms with Gasteiger partial charge in [-0.05, 0) is 30.2 Å². The minimum Gasteiger partial charge on any atom is -0.441 e. The fraction of sp³-hybridized carbons (Fsp3) is 0.238. The van der Waals surface area contributed by atoms with Crippen LogP contribution in [0.15, 0.2) is 47.1 Å². The highest BCUT2D eigenvalue weighted by Crippen LogP contribution is 2.29. The van der Waals surface area contributed by atoms with Gasteiger partial charge in [0.15, 0.2) is 5.78 Å². The fourth-order valence-electron chi connectivity index (χ4n) is 3.85. The first-order chi connectivity index (χ1) is 13.2. The number of hydrogen-bond donors (Lipinski definition) is 0. The zero-order valence-corrected chi connectivity index (χ0v) is 14.6. The molecule has 0 radical (unpaired) electrons. The smallest absolute Gasteiger partial charge is 0.254 e. The predicted molar refractivity (Wildman–Crippen MR) is 97.3 cm³/mol. The van der Waals surface area contributed by atoms with E-state index in [4.69, 9.17) is 4.42 Å². The first-order valence-corrected chi connectivity index (χ1v) is 9.04. The van der Waals surface area contributed by atoms with Gasteiger partial charge in [0.05, 0.1) is 12.1 Å². The van der Waals surface area contributed by atoms with Gasteiger partial charge >= 0.3 is 0 Å². The van der Waals surface area contributed by atoms with Crippen molar-refractivity contribution in [1.82, 2.24) is 14.9 Å². The lowest BCUT2D eigenvalue weighted by atomic mass is 10.0. The third kappa shape index (κ3) is 2.65. The zero-order chi connectivity index (χ0) is 18.4. The molecule has 6 nitrogen and oxygen atoms in total. The highest BCUT2D eigenvalue weighted by molar-refractivity contribution is 6.05. The van der Waals surface area contributed by atoms with Crippen molar-refractivity contribution >= 4 is 11.7 Å². The number of fused-ring (bicyclic) bond motifs is 2. The second kappa shape index (κ2) is 6.16. The number of carbonyl (C=O) groups excluding carboxylic acids is 2. The van der Waals surface area contributed by atoms with Crippen LogP contribution in [-0.2, 0) is 19.4 Å². The quantitative estimate of drug-likeness (QED) is 0.703. The molecule has 3 heterocycles. The molecule has 0 spiro atoms. The number of hydrogen-bond acceptors (Lipinski definition) is 5. The maximum atomic E-state index is 13.1. The van der Waals surface area contributed by atoms with E-state index in [2.05, 4.69) is 9.97 Å². The Labute approximate surface area is 155 Å². The number of benzene rings is 1. The van der Waals surface area contributed by atoms with Gasteiger partial charge in [-0.3, -0.25) is 14.6 Å². The van der Waals surface area contributed by atoms with E-state index in [1.54, 1.807) is 23.4 Å². The molecule has 0 bridgehead atoms. The van der Waals surface area contributed by atoms with E-state index in [-0.39, 0.29) is 11.7 Å². The Morgan fingerprint density at radius 3 is 2.89 bits per heavy atom. The molecule has 0 fully saturated rings. The van der Waals surface area contributed by atoms with E-state index in [9.17, 15) is 9.59 Å². The second-order valence-electron chi connectivity index (χ2n) is 6.86. The van der Waals surface area contributed by atoms with Crippen molar-refractivity contribution in [2.24, 2.45) is 0 Å². The Morgan fingerprint density at radius 2 is 2.04 bits per heavy atom. The molecule has 0 N–H and O–H groups in total. The summed E-state index contributed by atoms with van der Waals surface area (Å²) in [6.45, 7) is 0.987. The summed E-state index contributed by atoms with van der Waals surface area (Å²) in [5.74, 6) is 1.44.